The maximum Gasteiger partial charge on any atom is 0.266 e. The third-order valence-electron chi connectivity index (χ3n) is 3.70. The molecular weight excluding hydrogens is 324 g/mol. The first kappa shape index (κ1) is 18.2. The number of carbonyl (C=O) groups is 1. The van der Waals surface area contributed by atoms with Gasteiger partial charge in [0.1, 0.15) is 0 Å². The summed E-state index contributed by atoms with van der Waals surface area (Å²) in [5.74, 6) is -0.487. The number of carbonyl (C=O) groups excluding carboxylic acids is 1. The van der Waals surface area contributed by atoms with Gasteiger partial charge in [-0.05, 0) is 49.6 Å². The van der Waals surface area contributed by atoms with E-state index < -0.39 is 15.9 Å². The summed E-state index contributed by atoms with van der Waals surface area (Å²) in [6.07, 6.45) is 1.90. The van der Waals surface area contributed by atoms with Crippen molar-refractivity contribution in [2.75, 3.05) is 0 Å². The first-order valence-electron chi connectivity index (χ1n) is 7.82. The molecule has 0 aliphatic carbocycles. The lowest BCUT2D eigenvalue weighted by molar-refractivity contribution is 0.0944. The van der Waals surface area contributed by atoms with E-state index in [-0.39, 0.29) is 4.90 Å². The van der Waals surface area contributed by atoms with Crippen LogP contribution in [0.5, 0.6) is 0 Å². The Hall–Kier alpha value is -2.18. The second-order valence-electron chi connectivity index (χ2n) is 5.77. The maximum atomic E-state index is 12.3. The van der Waals surface area contributed by atoms with E-state index in [2.05, 4.69) is 17.2 Å². The number of rotatable bonds is 6. The summed E-state index contributed by atoms with van der Waals surface area (Å²) in [6, 6.07) is 12.0. The van der Waals surface area contributed by atoms with E-state index >= 15 is 0 Å². The molecule has 0 aliphatic heterocycles. The Bertz CT molecular complexity index is 828. The Kier molecular flexibility index (Phi) is 5.75. The molecule has 1 amide bonds. The minimum Gasteiger partial charge on any atom is -0.273 e. The number of benzene rings is 2. The zero-order chi connectivity index (χ0) is 17.7. The van der Waals surface area contributed by atoms with E-state index in [0.29, 0.717) is 5.56 Å². The summed E-state index contributed by atoms with van der Waals surface area (Å²) in [4.78, 5) is 14.4. The van der Waals surface area contributed by atoms with Crippen LogP contribution in [-0.2, 0) is 16.4 Å². The molecule has 2 aromatic carbocycles. The van der Waals surface area contributed by atoms with Crippen LogP contribution in [0.15, 0.2) is 47.4 Å². The maximum absolute atomic E-state index is 12.3. The van der Waals surface area contributed by atoms with E-state index in [1.165, 1.54) is 12.1 Å². The molecule has 2 aromatic rings. The normalized spacial score (nSPS) is 11.3. The number of aryl methyl sites for hydroxylation is 3. The fraction of sp³-hybridized carbons (Fsp3) is 0.278. The number of nitrogens with one attached hydrogen (secondary N) is 2. The van der Waals surface area contributed by atoms with E-state index in [1.807, 2.05) is 26.0 Å². The molecule has 0 saturated heterocycles. The summed E-state index contributed by atoms with van der Waals surface area (Å²) in [5, 5.41) is 0. The van der Waals surface area contributed by atoms with Crippen molar-refractivity contribution in [3.05, 3.63) is 64.7 Å². The number of sulfonamides is 1. The van der Waals surface area contributed by atoms with Gasteiger partial charge in [-0.2, -0.15) is 0 Å². The molecule has 0 unspecified atom stereocenters. The molecule has 128 valence electrons. The SMILES string of the molecule is CCCc1ccc(S(=O)(=O)NNC(=O)c2ccc(C)cc2C)cc1. The molecule has 6 heteroatoms. The van der Waals surface area contributed by atoms with Gasteiger partial charge in [0.05, 0.1) is 4.90 Å². The zero-order valence-electron chi connectivity index (χ0n) is 14.1. The first-order valence-corrected chi connectivity index (χ1v) is 9.30. The van der Waals surface area contributed by atoms with Crippen molar-refractivity contribution >= 4 is 15.9 Å². The van der Waals surface area contributed by atoms with Gasteiger partial charge in [0, 0.05) is 5.56 Å². The molecule has 0 heterocycles. The average Bonchev–Trinajstić information content (AvgIpc) is 2.53. The minimum atomic E-state index is -3.80. The Labute approximate surface area is 143 Å². The second-order valence-corrected chi connectivity index (χ2v) is 7.45. The molecular formula is C18H22N2O3S. The summed E-state index contributed by atoms with van der Waals surface area (Å²) < 4.78 is 24.5. The highest BCUT2D eigenvalue weighted by atomic mass is 32.2. The summed E-state index contributed by atoms with van der Waals surface area (Å²) in [5.41, 5.74) is 5.60. The fourth-order valence-corrected chi connectivity index (χ4v) is 3.27. The topological polar surface area (TPSA) is 75.3 Å². The van der Waals surface area contributed by atoms with Gasteiger partial charge in [-0.15, -0.1) is 4.83 Å². The zero-order valence-corrected chi connectivity index (χ0v) is 14.9. The molecule has 24 heavy (non-hydrogen) atoms. The lowest BCUT2D eigenvalue weighted by atomic mass is 10.1. The number of hydrazine groups is 1. The van der Waals surface area contributed by atoms with Crippen LogP contribution in [0.25, 0.3) is 0 Å². The van der Waals surface area contributed by atoms with Crippen molar-refractivity contribution in [1.82, 2.24) is 10.3 Å². The molecule has 0 spiro atoms. The van der Waals surface area contributed by atoms with Crippen LogP contribution in [0, 0.1) is 13.8 Å². The molecule has 0 bridgehead atoms. The predicted molar refractivity (Wildman–Crippen MR) is 94.1 cm³/mol. The van der Waals surface area contributed by atoms with Gasteiger partial charge in [-0.1, -0.05) is 43.2 Å². The van der Waals surface area contributed by atoms with Crippen LogP contribution in [0.1, 0.15) is 40.4 Å². The van der Waals surface area contributed by atoms with E-state index in [0.717, 1.165) is 29.5 Å². The third-order valence-corrected chi connectivity index (χ3v) is 4.96. The second kappa shape index (κ2) is 7.59. The quantitative estimate of drug-likeness (QED) is 0.790. The molecule has 0 atom stereocenters. The lowest BCUT2D eigenvalue weighted by Gasteiger charge is -2.11. The van der Waals surface area contributed by atoms with Crippen molar-refractivity contribution in [3.8, 4) is 0 Å². The fourth-order valence-electron chi connectivity index (χ4n) is 2.43. The van der Waals surface area contributed by atoms with Crippen molar-refractivity contribution < 1.29 is 13.2 Å². The van der Waals surface area contributed by atoms with Gasteiger partial charge in [-0.3, -0.25) is 10.2 Å². The highest BCUT2D eigenvalue weighted by Crippen LogP contribution is 2.12. The Balaban J connectivity index is 2.07. The standard InChI is InChI=1S/C18H22N2O3S/c1-4-5-15-7-9-16(10-8-15)24(22,23)20-19-18(21)17-11-6-13(2)12-14(17)3/h6-12,20H,4-5H2,1-3H3,(H,19,21). The number of amides is 1. The van der Waals surface area contributed by atoms with Gasteiger partial charge in [-0.25, -0.2) is 8.42 Å². The smallest absolute Gasteiger partial charge is 0.266 e. The van der Waals surface area contributed by atoms with Crippen molar-refractivity contribution in [3.63, 3.8) is 0 Å². The summed E-state index contributed by atoms with van der Waals surface area (Å²) in [7, 11) is -3.80. The molecule has 0 saturated carbocycles. The summed E-state index contributed by atoms with van der Waals surface area (Å²) in [6.45, 7) is 5.80. The average molecular weight is 346 g/mol. The molecule has 2 N–H and O–H groups in total. The Morgan fingerprint density at radius 2 is 1.71 bits per heavy atom. The molecule has 5 nitrogen and oxygen atoms in total. The first-order chi connectivity index (χ1) is 11.3. The summed E-state index contributed by atoms with van der Waals surface area (Å²) >= 11 is 0. The molecule has 0 aromatic heterocycles. The van der Waals surface area contributed by atoms with Crippen LogP contribution < -0.4 is 10.3 Å². The molecule has 2 rings (SSSR count). The van der Waals surface area contributed by atoms with Crippen LogP contribution >= 0.6 is 0 Å². The van der Waals surface area contributed by atoms with Crippen LogP contribution in [-0.4, -0.2) is 14.3 Å². The largest absolute Gasteiger partial charge is 0.273 e. The monoisotopic (exact) mass is 346 g/mol. The number of hydrogen-bond acceptors (Lipinski definition) is 3. The van der Waals surface area contributed by atoms with Crippen LogP contribution in [0.2, 0.25) is 0 Å². The van der Waals surface area contributed by atoms with Gasteiger partial charge < -0.3 is 0 Å². The van der Waals surface area contributed by atoms with Crippen molar-refractivity contribution in [2.45, 2.75) is 38.5 Å². The van der Waals surface area contributed by atoms with E-state index in [9.17, 15) is 13.2 Å². The van der Waals surface area contributed by atoms with Crippen LogP contribution in [0.3, 0.4) is 0 Å². The molecule has 0 fully saturated rings. The van der Waals surface area contributed by atoms with Gasteiger partial charge >= 0.3 is 0 Å². The highest BCUT2D eigenvalue weighted by Gasteiger charge is 2.16. The third kappa shape index (κ3) is 4.43. The number of hydrogen-bond donors (Lipinski definition) is 2. The van der Waals surface area contributed by atoms with E-state index in [1.54, 1.807) is 18.2 Å². The molecule has 0 radical (unpaired) electrons. The lowest BCUT2D eigenvalue weighted by Crippen LogP contribution is -2.41. The predicted octanol–water partition coefficient (Wildman–Crippen LogP) is 2.88. The molecule has 0 aliphatic rings. The van der Waals surface area contributed by atoms with E-state index in [4.69, 9.17) is 0 Å². The Morgan fingerprint density at radius 1 is 1.04 bits per heavy atom. The van der Waals surface area contributed by atoms with Crippen molar-refractivity contribution in [1.29, 1.82) is 0 Å². The van der Waals surface area contributed by atoms with Gasteiger partial charge in [0.15, 0.2) is 0 Å². The van der Waals surface area contributed by atoms with Gasteiger partial charge in [0.2, 0.25) is 0 Å². The highest BCUT2D eigenvalue weighted by molar-refractivity contribution is 7.89. The van der Waals surface area contributed by atoms with Crippen molar-refractivity contribution in [2.24, 2.45) is 0 Å². The van der Waals surface area contributed by atoms with Gasteiger partial charge in [0.25, 0.3) is 15.9 Å². The Morgan fingerprint density at radius 3 is 2.29 bits per heavy atom. The minimum absolute atomic E-state index is 0.114. The van der Waals surface area contributed by atoms with Crippen LogP contribution in [0.4, 0.5) is 0 Å².